The van der Waals surface area contributed by atoms with E-state index in [0.717, 1.165) is 16.8 Å². The normalized spacial score (nSPS) is 13.7. The highest BCUT2D eigenvalue weighted by molar-refractivity contribution is 5.96. The molecule has 0 radical (unpaired) electrons. The number of carbonyl (C=O) groups is 2. The van der Waals surface area contributed by atoms with Crippen LogP contribution in [0.3, 0.4) is 0 Å². The van der Waals surface area contributed by atoms with Crippen LogP contribution < -0.4 is 16.0 Å². The minimum atomic E-state index is -0.789. The average Bonchev–Trinajstić information content (AvgIpc) is 3.29. The van der Waals surface area contributed by atoms with Crippen molar-refractivity contribution < 1.29 is 18.4 Å². The Kier molecular flexibility index (Phi) is 4.94. The lowest BCUT2D eigenvalue weighted by Crippen LogP contribution is -2.26. The summed E-state index contributed by atoms with van der Waals surface area (Å²) >= 11 is 0. The Morgan fingerprint density at radius 3 is 2.48 bits per heavy atom. The van der Waals surface area contributed by atoms with Gasteiger partial charge in [-0.1, -0.05) is 0 Å². The first-order valence-electron chi connectivity index (χ1n) is 9.04. The zero-order valence-electron chi connectivity index (χ0n) is 15.3. The van der Waals surface area contributed by atoms with Crippen LogP contribution in [0, 0.1) is 5.82 Å². The minimum Gasteiger partial charge on any atom is -0.388 e. The van der Waals surface area contributed by atoms with Gasteiger partial charge >= 0.3 is 5.76 Å². The molecule has 0 bridgehead atoms. The van der Waals surface area contributed by atoms with E-state index in [4.69, 9.17) is 4.42 Å². The molecule has 1 aliphatic heterocycles. The summed E-state index contributed by atoms with van der Waals surface area (Å²) in [5.41, 5.74) is 1.73. The van der Waals surface area contributed by atoms with Crippen LogP contribution in [0.1, 0.15) is 12.8 Å². The summed E-state index contributed by atoms with van der Waals surface area (Å²) in [6.45, 7) is 0.353. The second-order valence-corrected chi connectivity index (χ2v) is 6.58. The zero-order valence-corrected chi connectivity index (χ0v) is 15.3. The third-order valence-corrected chi connectivity index (χ3v) is 4.53. The summed E-state index contributed by atoms with van der Waals surface area (Å²) in [6.07, 6.45) is 1.38. The number of rotatable bonds is 5. The van der Waals surface area contributed by atoms with E-state index < -0.39 is 17.5 Å². The largest absolute Gasteiger partial charge is 0.437 e. The van der Waals surface area contributed by atoms with Gasteiger partial charge in [-0.15, -0.1) is 5.10 Å². The van der Waals surface area contributed by atoms with Crippen LogP contribution in [-0.2, 0) is 16.1 Å². The van der Waals surface area contributed by atoms with Gasteiger partial charge in [-0.05, 0) is 55.0 Å². The SMILES string of the molecule is O=C(Cn1nc(-c2ccc(F)cc2)oc1=O)Nc1ccc(N2CCCC2=O)cc1. The Bertz CT molecular complexity index is 1100. The molecule has 8 nitrogen and oxygen atoms in total. The number of aromatic nitrogens is 2. The molecule has 0 spiro atoms. The third-order valence-electron chi connectivity index (χ3n) is 4.53. The van der Waals surface area contributed by atoms with Crippen molar-refractivity contribution in [2.75, 3.05) is 16.8 Å². The van der Waals surface area contributed by atoms with E-state index in [1.807, 2.05) is 0 Å². The molecule has 2 aromatic carbocycles. The summed E-state index contributed by atoms with van der Waals surface area (Å²) in [7, 11) is 0. The predicted molar refractivity (Wildman–Crippen MR) is 103 cm³/mol. The van der Waals surface area contributed by atoms with E-state index in [-0.39, 0.29) is 18.3 Å². The first kappa shape index (κ1) is 18.6. The van der Waals surface area contributed by atoms with Crippen molar-refractivity contribution in [3.05, 3.63) is 64.9 Å². The van der Waals surface area contributed by atoms with Crippen molar-refractivity contribution in [1.29, 1.82) is 0 Å². The monoisotopic (exact) mass is 396 g/mol. The topological polar surface area (TPSA) is 97.4 Å². The standard InChI is InChI=1S/C20H17FN4O4/c21-14-5-3-13(4-6-14)19-23-25(20(28)29-19)12-17(26)22-15-7-9-16(10-8-15)24-11-1-2-18(24)27/h3-10H,1-2,11-12H2,(H,22,26). The summed E-state index contributed by atoms with van der Waals surface area (Å²) in [5.74, 6) is -1.58. The lowest BCUT2D eigenvalue weighted by atomic mass is 10.2. The number of hydrogen-bond donors (Lipinski definition) is 1. The van der Waals surface area contributed by atoms with E-state index in [1.54, 1.807) is 29.2 Å². The summed E-state index contributed by atoms with van der Waals surface area (Å²) in [4.78, 5) is 37.7. The highest BCUT2D eigenvalue weighted by Crippen LogP contribution is 2.23. The maximum absolute atomic E-state index is 13.0. The fourth-order valence-corrected chi connectivity index (χ4v) is 3.10. The van der Waals surface area contributed by atoms with Crippen LogP contribution in [0.25, 0.3) is 11.5 Å². The van der Waals surface area contributed by atoms with Crippen molar-refractivity contribution >= 4 is 23.2 Å². The first-order chi connectivity index (χ1) is 14.0. The van der Waals surface area contributed by atoms with E-state index in [0.29, 0.717) is 24.2 Å². The molecular formula is C20H17FN4O4. The second-order valence-electron chi connectivity index (χ2n) is 6.58. The van der Waals surface area contributed by atoms with E-state index in [2.05, 4.69) is 10.4 Å². The number of nitrogens with zero attached hydrogens (tertiary/aromatic N) is 3. The molecule has 148 valence electrons. The van der Waals surface area contributed by atoms with Crippen LogP contribution in [0.15, 0.2) is 57.7 Å². The smallest absolute Gasteiger partial charge is 0.388 e. The molecule has 1 fully saturated rings. The second kappa shape index (κ2) is 7.70. The molecule has 1 aromatic heterocycles. The molecule has 9 heteroatoms. The maximum atomic E-state index is 13.0. The van der Waals surface area contributed by atoms with Gasteiger partial charge in [0.2, 0.25) is 17.7 Å². The third kappa shape index (κ3) is 4.08. The number of amides is 2. The number of halogens is 1. The maximum Gasteiger partial charge on any atom is 0.437 e. The lowest BCUT2D eigenvalue weighted by Gasteiger charge is -2.16. The van der Waals surface area contributed by atoms with Gasteiger partial charge in [0.25, 0.3) is 0 Å². The summed E-state index contributed by atoms with van der Waals surface area (Å²) < 4.78 is 18.9. The van der Waals surface area contributed by atoms with Crippen LogP contribution in [-0.4, -0.2) is 28.1 Å². The fourth-order valence-electron chi connectivity index (χ4n) is 3.10. The molecular weight excluding hydrogens is 379 g/mol. The van der Waals surface area contributed by atoms with E-state index in [9.17, 15) is 18.8 Å². The van der Waals surface area contributed by atoms with Crippen molar-refractivity contribution in [3.8, 4) is 11.5 Å². The Balaban J connectivity index is 1.41. The number of carbonyl (C=O) groups excluding carboxylic acids is 2. The number of hydrogen-bond acceptors (Lipinski definition) is 5. The van der Waals surface area contributed by atoms with E-state index in [1.165, 1.54) is 24.3 Å². The quantitative estimate of drug-likeness (QED) is 0.714. The number of nitrogens with one attached hydrogen (secondary N) is 1. The van der Waals surface area contributed by atoms with Gasteiger partial charge < -0.3 is 14.6 Å². The highest BCUT2D eigenvalue weighted by Gasteiger charge is 2.21. The Morgan fingerprint density at radius 1 is 1.10 bits per heavy atom. The molecule has 0 atom stereocenters. The molecule has 0 saturated carbocycles. The molecule has 0 unspecified atom stereocenters. The minimum absolute atomic E-state index is 0.00225. The predicted octanol–water partition coefficient (Wildman–Crippen LogP) is 2.41. The van der Waals surface area contributed by atoms with Gasteiger partial charge in [-0.2, -0.15) is 4.68 Å². The molecule has 0 aliphatic carbocycles. The number of benzene rings is 2. The summed E-state index contributed by atoms with van der Waals surface area (Å²) in [5, 5.41) is 6.65. The Morgan fingerprint density at radius 2 is 1.83 bits per heavy atom. The Labute approximate surface area is 164 Å². The van der Waals surface area contributed by atoms with Gasteiger partial charge in [-0.3, -0.25) is 9.59 Å². The molecule has 1 N–H and O–H groups in total. The molecule has 1 saturated heterocycles. The van der Waals surface area contributed by atoms with Gasteiger partial charge in [0.05, 0.1) is 0 Å². The summed E-state index contributed by atoms with van der Waals surface area (Å²) in [6, 6.07) is 12.2. The van der Waals surface area contributed by atoms with Crippen molar-refractivity contribution in [1.82, 2.24) is 9.78 Å². The van der Waals surface area contributed by atoms with Gasteiger partial charge in [0.15, 0.2) is 0 Å². The molecule has 29 heavy (non-hydrogen) atoms. The molecule has 3 aromatic rings. The van der Waals surface area contributed by atoms with Gasteiger partial charge in [0.1, 0.15) is 12.4 Å². The van der Waals surface area contributed by atoms with E-state index >= 15 is 0 Å². The van der Waals surface area contributed by atoms with Crippen LogP contribution in [0.4, 0.5) is 15.8 Å². The molecule has 1 aliphatic rings. The molecule has 2 amide bonds. The Hall–Kier alpha value is -3.75. The van der Waals surface area contributed by atoms with Crippen LogP contribution in [0.5, 0.6) is 0 Å². The zero-order chi connectivity index (χ0) is 20.4. The molecule has 4 rings (SSSR count). The van der Waals surface area contributed by atoms with Gasteiger partial charge in [0, 0.05) is 29.9 Å². The molecule has 2 heterocycles. The first-order valence-corrected chi connectivity index (χ1v) is 9.04. The highest BCUT2D eigenvalue weighted by atomic mass is 19.1. The fraction of sp³-hybridized carbons (Fsp3) is 0.200. The average molecular weight is 396 g/mol. The van der Waals surface area contributed by atoms with Crippen LogP contribution >= 0.6 is 0 Å². The van der Waals surface area contributed by atoms with Gasteiger partial charge in [-0.25, -0.2) is 9.18 Å². The van der Waals surface area contributed by atoms with Crippen molar-refractivity contribution in [2.24, 2.45) is 0 Å². The van der Waals surface area contributed by atoms with Crippen molar-refractivity contribution in [2.45, 2.75) is 19.4 Å². The van der Waals surface area contributed by atoms with Crippen molar-refractivity contribution in [3.63, 3.8) is 0 Å². The number of anilines is 2. The lowest BCUT2D eigenvalue weighted by molar-refractivity contribution is -0.117. The van der Waals surface area contributed by atoms with Crippen LogP contribution in [0.2, 0.25) is 0 Å².